The van der Waals surface area contributed by atoms with Gasteiger partial charge in [0.1, 0.15) is 11.6 Å². The fraction of sp³-hybridized carbons (Fsp3) is 0.600. The molecule has 1 aromatic rings. The molecule has 1 unspecified atom stereocenters. The molecule has 0 aliphatic carbocycles. The standard InChI is InChI=1S/C10H17N3O2/c1-10(2,3)15-9(14)8(11)4-7-5-12-13-6-7/h5-6,8H,4,11H2,1-3H3,(H,12,13). The third-order valence-corrected chi connectivity index (χ3v) is 1.72. The van der Waals surface area contributed by atoms with Gasteiger partial charge in [-0.1, -0.05) is 0 Å². The minimum absolute atomic E-state index is 0.385. The van der Waals surface area contributed by atoms with E-state index in [2.05, 4.69) is 10.2 Å². The molecule has 84 valence electrons. The molecule has 1 atom stereocenters. The molecule has 0 saturated carbocycles. The van der Waals surface area contributed by atoms with Crippen molar-refractivity contribution in [2.75, 3.05) is 0 Å². The number of aromatic nitrogens is 2. The number of aromatic amines is 1. The maximum Gasteiger partial charge on any atom is 0.323 e. The summed E-state index contributed by atoms with van der Waals surface area (Å²) in [5.74, 6) is -0.385. The van der Waals surface area contributed by atoms with Gasteiger partial charge in [0.05, 0.1) is 6.20 Å². The van der Waals surface area contributed by atoms with Crippen molar-refractivity contribution in [1.82, 2.24) is 10.2 Å². The topological polar surface area (TPSA) is 81.0 Å². The maximum atomic E-state index is 11.5. The summed E-state index contributed by atoms with van der Waals surface area (Å²) in [6.07, 6.45) is 3.79. The smallest absolute Gasteiger partial charge is 0.323 e. The SMILES string of the molecule is CC(C)(C)OC(=O)C(N)Cc1cn[nH]c1. The van der Waals surface area contributed by atoms with Crippen molar-refractivity contribution in [2.24, 2.45) is 5.73 Å². The summed E-state index contributed by atoms with van der Waals surface area (Å²) in [4.78, 5) is 11.5. The second-order valence-electron chi connectivity index (χ2n) is 4.45. The van der Waals surface area contributed by atoms with Gasteiger partial charge in [0.25, 0.3) is 0 Å². The number of ether oxygens (including phenoxy) is 1. The van der Waals surface area contributed by atoms with Crippen molar-refractivity contribution in [2.45, 2.75) is 38.8 Å². The summed E-state index contributed by atoms with van der Waals surface area (Å²) in [7, 11) is 0. The lowest BCUT2D eigenvalue weighted by atomic mass is 10.1. The van der Waals surface area contributed by atoms with Crippen LogP contribution in [0, 0.1) is 0 Å². The molecule has 0 spiro atoms. The van der Waals surface area contributed by atoms with Gasteiger partial charge < -0.3 is 10.5 Å². The Balaban J connectivity index is 2.47. The molecule has 15 heavy (non-hydrogen) atoms. The van der Waals surface area contributed by atoms with Crippen molar-refractivity contribution >= 4 is 5.97 Å². The van der Waals surface area contributed by atoms with Gasteiger partial charge in [-0.15, -0.1) is 0 Å². The van der Waals surface area contributed by atoms with Crippen LogP contribution in [0.15, 0.2) is 12.4 Å². The van der Waals surface area contributed by atoms with Crippen LogP contribution < -0.4 is 5.73 Å². The van der Waals surface area contributed by atoms with E-state index in [9.17, 15) is 4.79 Å². The third-order valence-electron chi connectivity index (χ3n) is 1.72. The molecule has 0 aliphatic heterocycles. The van der Waals surface area contributed by atoms with Crippen LogP contribution in [0.3, 0.4) is 0 Å². The van der Waals surface area contributed by atoms with E-state index in [-0.39, 0.29) is 5.97 Å². The molecule has 0 saturated heterocycles. The van der Waals surface area contributed by atoms with Crippen molar-refractivity contribution in [3.8, 4) is 0 Å². The van der Waals surface area contributed by atoms with Crippen LogP contribution in [0.2, 0.25) is 0 Å². The van der Waals surface area contributed by atoms with Gasteiger partial charge in [-0.05, 0) is 26.3 Å². The largest absolute Gasteiger partial charge is 0.459 e. The molecule has 3 N–H and O–H groups in total. The highest BCUT2D eigenvalue weighted by molar-refractivity contribution is 5.76. The third kappa shape index (κ3) is 4.12. The molecular formula is C10H17N3O2. The number of H-pyrrole nitrogens is 1. The summed E-state index contributed by atoms with van der Waals surface area (Å²) in [5, 5.41) is 6.44. The van der Waals surface area contributed by atoms with Crippen molar-refractivity contribution in [1.29, 1.82) is 0 Å². The van der Waals surface area contributed by atoms with Gasteiger partial charge >= 0.3 is 5.97 Å². The molecule has 5 heteroatoms. The Bertz CT molecular complexity index is 314. The van der Waals surface area contributed by atoms with E-state index in [0.717, 1.165) is 5.56 Å². The predicted molar refractivity (Wildman–Crippen MR) is 56.1 cm³/mol. The monoisotopic (exact) mass is 211 g/mol. The summed E-state index contributed by atoms with van der Waals surface area (Å²) in [6.45, 7) is 5.44. The van der Waals surface area contributed by atoms with Crippen LogP contribution >= 0.6 is 0 Å². The van der Waals surface area contributed by atoms with Crippen LogP contribution in [-0.2, 0) is 16.0 Å². The summed E-state index contributed by atoms with van der Waals surface area (Å²) in [6, 6.07) is -0.637. The number of rotatable bonds is 3. The molecular weight excluding hydrogens is 194 g/mol. The van der Waals surface area contributed by atoms with E-state index in [1.807, 2.05) is 20.8 Å². The van der Waals surface area contributed by atoms with E-state index >= 15 is 0 Å². The number of nitrogens with one attached hydrogen (secondary N) is 1. The minimum atomic E-state index is -0.637. The van der Waals surface area contributed by atoms with E-state index in [1.54, 1.807) is 12.4 Å². The number of esters is 1. The van der Waals surface area contributed by atoms with Crippen molar-refractivity contribution < 1.29 is 9.53 Å². The highest BCUT2D eigenvalue weighted by atomic mass is 16.6. The Morgan fingerprint density at radius 2 is 2.33 bits per heavy atom. The zero-order chi connectivity index (χ0) is 11.5. The normalized spacial score (nSPS) is 13.6. The first kappa shape index (κ1) is 11.7. The van der Waals surface area contributed by atoms with Gasteiger partial charge in [-0.2, -0.15) is 5.10 Å². The molecule has 5 nitrogen and oxygen atoms in total. The fourth-order valence-corrected chi connectivity index (χ4v) is 1.10. The number of carbonyl (C=O) groups is 1. The van der Waals surface area contributed by atoms with Crippen LogP contribution in [0.4, 0.5) is 0 Å². The Hall–Kier alpha value is -1.36. The molecule has 1 heterocycles. The molecule has 0 fully saturated rings. The predicted octanol–water partition coefficient (Wildman–Crippen LogP) is 0.621. The second-order valence-corrected chi connectivity index (χ2v) is 4.45. The Morgan fingerprint density at radius 3 is 2.80 bits per heavy atom. The zero-order valence-electron chi connectivity index (χ0n) is 9.28. The van der Waals surface area contributed by atoms with Gasteiger partial charge in [-0.25, -0.2) is 0 Å². The molecule has 0 radical (unpaired) electrons. The Morgan fingerprint density at radius 1 is 1.67 bits per heavy atom. The van der Waals surface area contributed by atoms with E-state index in [4.69, 9.17) is 10.5 Å². The van der Waals surface area contributed by atoms with E-state index in [1.165, 1.54) is 0 Å². The highest BCUT2D eigenvalue weighted by Gasteiger charge is 2.22. The number of hydrogen-bond acceptors (Lipinski definition) is 4. The number of nitrogens with two attached hydrogens (primary N) is 1. The molecule has 0 amide bonds. The summed E-state index contributed by atoms with van der Waals surface area (Å²) >= 11 is 0. The van der Waals surface area contributed by atoms with Crippen LogP contribution in [0.1, 0.15) is 26.3 Å². The first-order valence-electron chi connectivity index (χ1n) is 4.84. The number of carbonyl (C=O) groups excluding carboxylic acids is 1. The zero-order valence-corrected chi connectivity index (χ0v) is 9.28. The second kappa shape index (κ2) is 4.44. The van der Waals surface area contributed by atoms with Crippen LogP contribution in [0.5, 0.6) is 0 Å². The Labute approximate surface area is 89.0 Å². The summed E-state index contributed by atoms with van der Waals surface area (Å²) in [5.41, 5.74) is 6.10. The molecule has 1 rings (SSSR count). The molecule has 1 aromatic heterocycles. The lowest BCUT2D eigenvalue weighted by Crippen LogP contribution is -2.38. The summed E-state index contributed by atoms with van der Waals surface area (Å²) < 4.78 is 5.15. The van der Waals surface area contributed by atoms with Gasteiger partial charge in [-0.3, -0.25) is 9.89 Å². The van der Waals surface area contributed by atoms with Gasteiger partial charge in [0.2, 0.25) is 0 Å². The van der Waals surface area contributed by atoms with E-state index in [0.29, 0.717) is 6.42 Å². The number of hydrogen-bond donors (Lipinski definition) is 2. The quantitative estimate of drug-likeness (QED) is 0.718. The van der Waals surface area contributed by atoms with Crippen molar-refractivity contribution in [3.63, 3.8) is 0 Å². The maximum absolute atomic E-state index is 11.5. The van der Waals surface area contributed by atoms with Gasteiger partial charge in [0, 0.05) is 12.6 Å². The van der Waals surface area contributed by atoms with Crippen LogP contribution in [0.25, 0.3) is 0 Å². The number of nitrogens with zero attached hydrogens (tertiary/aromatic N) is 1. The van der Waals surface area contributed by atoms with Gasteiger partial charge in [0.15, 0.2) is 0 Å². The first-order valence-corrected chi connectivity index (χ1v) is 4.84. The van der Waals surface area contributed by atoms with Crippen molar-refractivity contribution in [3.05, 3.63) is 18.0 Å². The molecule has 0 aliphatic rings. The molecule has 0 aromatic carbocycles. The fourth-order valence-electron chi connectivity index (χ4n) is 1.10. The van der Waals surface area contributed by atoms with E-state index < -0.39 is 11.6 Å². The van der Waals surface area contributed by atoms with Crippen LogP contribution in [-0.4, -0.2) is 27.8 Å². The average Bonchev–Trinajstić information content (AvgIpc) is 2.53. The minimum Gasteiger partial charge on any atom is -0.459 e. The lowest BCUT2D eigenvalue weighted by molar-refractivity contribution is -0.156. The lowest BCUT2D eigenvalue weighted by Gasteiger charge is -2.21. The first-order chi connectivity index (χ1) is 6.88. The average molecular weight is 211 g/mol. The Kier molecular flexibility index (Phi) is 3.47. The molecule has 0 bridgehead atoms. The highest BCUT2D eigenvalue weighted by Crippen LogP contribution is 2.09.